The molecule has 0 aliphatic heterocycles. The molecule has 22 heavy (non-hydrogen) atoms. The molecule has 4 rings (SSSR count). The van der Waals surface area contributed by atoms with E-state index in [0.29, 0.717) is 0 Å². The fourth-order valence-corrected chi connectivity index (χ4v) is 4.29. The van der Waals surface area contributed by atoms with Crippen molar-refractivity contribution in [1.29, 1.82) is 0 Å². The first-order chi connectivity index (χ1) is 10.9. The highest BCUT2D eigenvalue weighted by Gasteiger charge is 2.22. The molecule has 0 atom stereocenters. The van der Waals surface area contributed by atoms with Crippen molar-refractivity contribution in [3.8, 4) is 16.9 Å². The Bertz CT molecular complexity index is 699. The second kappa shape index (κ2) is 5.79. The van der Waals surface area contributed by atoms with Crippen LogP contribution in [0.1, 0.15) is 47.9 Å². The highest BCUT2D eigenvalue weighted by molar-refractivity contribution is 5.79. The molecule has 0 unspecified atom stereocenters. The molecule has 0 saturated carbocycles. The maximum atomic E-state index is 5.76. The number of ether oxygens (including phenoxy) is 1. The van der Waals surface area contributed by atoms with E-state index in [1.807, 2.05) is 7.11 Å². The third-order valence-corrected chi connectivity index (χ3v) is 5.38. The molecule has 0 spiro atoms. The highest BCUT2D eigenvalue weighted by atomic mass is 16.5. The molecule has 0 aromatic heterocycles. The van der Waals surface area contributed by atoms with Gasteiger partial charge < -0.3 is 4.74 Å². The first-order valence-corrected chi connectivity index (χ1v) is 8.68. The smallest absolute Gasteiger partial charge is 0.126 e. The van der Waals surface area contributed by atoms with Crippen molar-refractivity contribution in [2.75, 3.05) is 7.11 Å². The zero-order chi connectivity index (χ0) is 14.9. The quantitative estimate of drug-likeness (QED) is 0.746. The van der Waals surface area contributed by atoms with Crippen LogP contribution in [0.25, 0.3) is 11.1 Å². The maximum Gasteiger partial charge on any atom is 0.126 e. The standard InChI is InChI=1S/C21H24O/c1-22-20-14-13-16-8-3-5-11-18(16)21(20)19-12-6-9-15-7-2-4-10-17(15)19/h6,9,12-14H,2-5,7-8,10-11H2,1H3. The molecule has 0 bridgehead atoms. The van der Waals surface area contributed by atoms with Crippen molar-refractivity contribution in [2.45, 2.75) is 51.4 Å². The molecule has 2 aliphatic rings. The van der Waals surface area contributed by atoms with Crippen LogP contribution in [-0.2, 0) is 25.7 Å². The van der Waals surface area contributed by atoms with Crippen molar-refractivity contribution in [3.05, 3.63) is 52.6 Å². The van der Waals surface area contributed by atoms with Gasteiger partial charge in [0.2, 0.25) is 0 Å². The summed E-state index contributed by atoms with van der Waals surface area (Å²) in [5.74, 6) is 1.06. The first kappa shape index (κ1) is 13.9. The molecule has 114 valence electrons. The van der Waals surface area contributed by atoms with Gasteiger partial charge in [-0.2, -0.15) is 0 Å². The summed E-state index contributed by atoms with van der Waals surface area (Å²) in [5.41, 5.74) is 9.04. The molecule has 2 aromatic carbocycles. The minimum Gasteiger partial charge on any atom is -0.496 e. The molecule has 2 aliphatic carbocycles. The van der Waals surface area contributed by atoms with Crippen LogP contribution < -0.4 is 4.74 Å². The van der Waals surface area contributed by atoms with Crippen LogP contribution in [0.5, 0.6) is 5.75 Å². The number of fused-ring (bicyclic) bond motifs is 2. The largest absolute Gasteiger partial charge is 0.496 e. The van der Waals surface area contributed by atoms with E-state index >= 15 is 0 Å². The molecule has 0 N–H and O–H groups in total. The Hall–Kier alpha value is -1.76. The summed E-state index contributed by atoms with van der Waals surface area (Å²) < 4.78 is 5.76. The van der Waals surface area contributed by atoms with Gasteiger partial charge in [-0.3, -0.25) is 0 Å². The molecule has 2 aromatic rings. The van der Waals surface area contributed by atoms with E-state index < -0.39 is 0 Å². The Labute approximate surface area is 133 Å². The number of benzene rings is 2. The monoisotopic (exact) mass is 292 g/mol. The van der Waals surface area contributed by atoms with Gasteiger partial charge in [0, 0.05) is 5.56 Å². The second-order valence-electron chi connectivity index (χ2n) is 6.64. The van der Waals surface area contributed by atoms with Gasteiger partial charge in [-0.1, -0.05) is 24.3 Å². The third kappa shape index (κ3) is 2.24. The number of methoxy groups -OCH3 is 1. The molecule has 0 amide bonds. The molecule has 0 fully saturated rings. The summed E-state index contributed by atoms with van der Waals surface area (Å²) in [6.07, 6.45) is 10.2. The zero-order valence-electron chi connectivity index (χ0n) is 13.5. The van der Waals surface area contributed by atoms with Gasteiger partial charge in [-0.05, 0) is 85.3 Å². The van der Waals surface area contributed by atoms with Gasteiger partial charge in [-0.25, -0.2) is 0 Å². The molecular formula is C21H24O. The van der Waals surface area contributed by atoms with Gasteiger partial charge >= 0.3 is 0 Å². The Kier molecular flexibility index (Phi) is 3.65. The minimum atomic E-state index is 1.06. The number of aryl methyl sites for hydroxylation is 2. The van der Waals surface area contributed by atoms with Crippen molar-refractivity contribution in [2.24, 2.45) is 0 Å². The van der Waals surface area contributed by atoms with E-state index in [9.17, 15) is 0 Å². The van der Waals surface area contributed by atoms with Crippen LogP contribution in [0.4, 0.5) is 0 Å². The molecule has 0 saturated heterocycles. The normalized spacial score (nSPS) is 16.8. The van der Waals surface area contributed by atoms with Crippen LogP contribution >= 0.6 is 0 Å². The van der Waals surface area contributed by atoms with Crippen molar-refractivity contribution < 1.29 is 4.74 Å². The molecule has 0 radical (unpaired) electrons. The molecular weight excluding hydrogens is 268 g/mol. The van der Waals surface area contributed by atoms with Crippen molar-refractivity contribution >= 4 is 0 Å². The summed E-state index contributed by atoms with van der Waals surface area (Å²) in [7, 11) is 1.81. The lowest BCUT2D eigenvalue weighted by Crippen LogP contribution is -2.09. The van der Waals surface area contributed by atoms with Crippen molar-refractivity contribution in [1.82, 2.24) is 0 Å². The lowest BCUT2D eigenvalue weighted by Gasteiger charge is -2.25. The predicted molar refractivity (Wildman–Crippen MR) is 91.7 cm³/mol. The summed E-state index contributed by atoms with van der Waals surface area (Å²) >= 11 is 0. The second-order valence-corrected chi connectivity index (χ2v) is 6.64. The molecule has 1 nitrogen and oxygen atoms in total. The van der Waals surface area contributed by atoms with Gasteiger partial charge in [-0.15, -0.1) is 0 Å². The highest BCUT2D eigenvalue weighted by Crippen LogP contribution is 2.42. The van der Waals surface area contributed by atoms with Crippen LogP contribution in [-0.4, -0.2) is 7.11 Å². The van der Waals surface area contributed by atoms with E-state index in [-0.39, 0.29) is 0 Å². The van der Waals surface area contributed by atoms with E-state index in [1.165, 1.54) is 68.1 Å². The SMILES string of the molecule is COc1ccc2c(c1-c1cccc3c1CCCC3)CCCC2. The first-order valence-electron chi connectivity index (χ1n) is 8.68. The maximum absolute atomic E-state index is 5.76. The summed E-state index contributed by atoms with van der Waals surface area (Å²) in [5, 5.41) is 0. The van der Waals surface area contributed by atoms with Gasteiger partial charge in [0.1, 0.15) is 5.75 Å². The summed E-state index contributed by atoms with van der Waals surface area (Å²) in [6.45, 7) is 0. The minimum absolute atomic E-state index is 1.06. The van der Waals surface area contributed by atoms with E-state index in [1.54, 1.807) is 16.7 Å². The van der Waals surface area contributed by atoms with E-state index in [4.69, 9.17) is 4.74 Å². The van der Waals surface area contributed by atoms with E-state index in [0.717, 1.165) is 5.75 Å². The van der Waals surface area contributed by atoms with Crippen molar-refractivity contribution in [3.63, 3.8) is 0 Å². The summed E-state index contributed by atoms with van der Waals surface area (Å²) in [6, 6.07) is 11.3. The van der Waals surface area contributed by atoms with Gasteiger partial charge in [0.15, 0.2) is 0 Å². The van der Waals surface area contributed by atoms with Crippen LogP contribution in [0, 0.1) is 0 Å². The Morgan fingerprint density at radius 3 is 2.18 bits per heavy atom. The van der Waals surface area contributed by atoms with Gasteiger partial charge in [0.25, 0.3) is 0 Å². The van der Waals surface area contributed by atoms with E-state index in [2.05, 4.69) is 30.3 Å². The number of rotatable bonds is 2. The number of hydrogen-bond donors (Lipinski definition) is 0. The third-order valence-electron chi connectivity index (χ3n) is 5.38. The van der Waals surface area contributed by atoms with Crippen LogP contribution in [0.15, 0.2) is 30.3 Å². The number of hydrogen-bond acceptors (Lipinski definition) is 1. The molecule has 0 heterocycles. The lowest BCUT2D eigenvalue weighted by atomic mass is 9.80. The van der Waals surface area contributed by atoms with Crippen LogP contribution in [0.2, 0.25) is 0 Å². The Balaban J connectivity index is 1.96. The Morgan fingerprint density at radius 1 is 0.727 bits per heavy atom. The Morgan fingerprint density at radius 2 is 1.41 bits per heavy atom. The summed E-state index contributed by atoms with van der Waals surface area (Å²) in [4.78, 5) is 0. The molecule has 1 heteroatoms. The zero-order valence-corrected chi connectivity index (χ0v) is 13.5. The fraction of sp³-hybridized carbons (Fsp3) is 0.429. The van der Waals surface area contributed by atoms with Gasteiger partial charge in [0.05, 0.1) is 7.11 Å². The lowest BCUT2D eigenvalue weighted by molar-refractivity contribution is 0.415. The predicted octanol–water partition coefficient (Wildman–Crippen LogP) is 5.12. The van der Waals surface area contributed by atoms with Crippen LogP contribution in [0.3, 0.4) is 0 Å². The average Bonchev–Trinajstić information content (AvgIpc) is 2.60. The topological polar surface area (TPSA) is 9.23 Å². The average molecular weight is 292 g/mol. The fourth-order valence-electron chi connectivity index (χ4n) is 4.29.